The van der Waals surface area contributed by atoms with Crippen molar-refractivity contribution in [3.63, 3.8) is 0 Å². The fourth-order valence-corrected chi connectivity index (χ4v) is 3.83. The van der Waals surface area contributed by atoms with Crippen LogP contribution in [0.3, 0.4) is 0 Å². The second-order valence-corrected chi connectivity index (χ2v) is 6.54. The Bertz CT molecular complexity index is 845. The number of fused-ring (bicyclic) bond motifs is 1. The number of rotatable bonds is 2. The molecule has 2 N–H and O–H groups in total. The second-order valence-electron chi connectivity index (χ2n) is 4.55. The normalized spacial score (nSPS) is 11.2. The number of hydrogen-bond donors (Lipinski definition) is 1. The number of nitrogen functional groups attached to an aromatic ring is 1. The van der Waals surface area contributed by atoms with Crippen LogP contribution in [-0.4, -0.2) is 4.98 Å². The molecule has 2 aromatic carbocycles. The van der Waals surface area contributed by atoms with Gasteiger partial charge in [-0.2, -0.15) is 0 Å². The molecule has 6 heteroatoms. The molecule has 0 saturated carbocycles. The summed E-state index contributed by atoms with van der Waals surface area (Å²) in [7, 11) is 0. The van der Waals surface area contributed by atoms with Crippen LogP contribution in [0, 0.1) is 0 Å². The summed E-state index contributed by atoms with van der Waals surface area (Å²) in [6.45, 7) is 2.05. The summed E-state index contributed by atoms with van der Waals surface area (Å²) >= 11 is 13.2. The number of oxazole rings is 1. The van der Waals surface area contributed by atoms with Crippen molar-refractivity contribution in [2.75, 3.05) is 5.73 Å². The van der Waals surface area contributed by atoms with Gasteiger partial charge in [0.15, 0.2) is 5.58 Å². The van der Waals surface area contributed by atoms with Crippen molar-refractivity contribution in [3.05, 3.63) is 43.8 Å². The molecular formula is C15H11Br2ClN2O. The van der Waals surface area contributed by atoms with Gasteiger partial charge in [-0.25, -0.2) is 4.98 Å². The fourth-order valence-electron chi connectivity index (χ4n) is 2.23. The first-order valence-corrected chi connectivity index (χ1v) is 8.31. The first kappa shape index (κ1) is 14.9. The SMILES string of the molecule is CCc1c(Br)c(N)c(Br)c2nc(-c3ccccc3Cl)oc12. The van der Waals surface area contributed by atoms with E-state index in [4.69, 9.17) is 21.8 Å². The zero-order chi connectivity index (χ0) is 15.1. The molecule has 0 radical (unpaired) electrons. The van der Waals surface area contributed by atoms with E-state index in [0.717, 1.165) is 32.1 Å². The van der Waals surface area contributed by atoms with Gasteiger partial charge < -0.3 is 10.2 Å². The van der Waals surface area contributed by atoms with Crippen LogP contribution in [0.25, 0.3) is 22.6 Å². The van der Waals surface area contributed by atoms with E-state index in [9.17, 15) is 0 Å². The lowest BCUT2D eigenvalue weighted by molar-refractivity contribution is 0.615. The summed E-state index contributed by atoms with van der Waals surface area (Å²) in [6, 6.07) is 7.46. The predicted molar refractivity (Wildman–Crippen MR) is 93.6 cm³/mol. The minimum Gasteiger partial charge on any atom is -0.436 e. The predicted octanol–water partition coefficient (Wildman–Crippen LogP) is 5.82. The number of hydrogen-bond acceptors (Lipinski definition) is 3. The number of aryl methyl sites for hydroxylation is 1. The first-order valence-electron chi connectivity index (χ1n) is 6.35. The molecule has 0 spiro atoms. The van der Waals surface area contributed by atoms with Gasteiger partial charge in [-0.3, -0.25) is 0 Å². The highest BCUT2D eigenvalue weighted by molar-refractivity contribution is 9.11. The third-order valence-electron chi connectivity index (χ3n) is 3.30. The Morgan fingerprint density at radius 3 is 2.62 bits per heavy atom. The van der Waals surface area contributed by atoms with Crippen molar-refractivity contribution < 1.29 is 4.42 Å². The number of nitrogens with zero attached hydrogens (tertiary/aromatic N) is 1. The molecule has 3 nitrogen and oxygen atoms in total. The number of halogens is 3. The zero-order valence-corrected chi connectivity index (χ0v) is 15.0. The smallest absolute Gasteiger partial charge is 0.228 e. The van der Waals surface area contributed by atoms with Gasteiger partial charge in [0.25, 0.3) is 0 Å². The van der Waals surface area contributed by atoms with E-state index in [0.29, 0.717) is 22.1 Å². The van der Waals surface area contributed by atoms with Gasteiger partial charge in [0.2, 0.25) is 5.89 Å². The van der Waals surface area contributed by atoms with E-state index < -0.39 is 0 Å². The van der Waals surface area contributed by atoms with E-state index in [2.05, 4.69) is 36.8 Å². The summed E-state index contributed by atoms with van der Waals surface area (Å²) in [6.07, 6.45) is 0.783. The lowest BCUT2D eigenvalue weighted by Gasteiger charge is -2.07. The summed E-state index contributed by atoms with van der Waals surface area (Å²) in [4.78, 5) is 4.56. The largest absolute Gasteiger partial charge is 0.436 e. The zero-order valence-electron chi connectivity index (χ0n) is 11.1. The molecule has 0 amide bonds. The van der Waals surface area contributed by atoms with E-state index in [1.165, 1.54) is 0 Å². The Balaban J connectivity index is 2.35. The minimum absolute atomic E-state index is 0.489. The third kappa shape index (κ3) is 2.37. The molecule has 0 bridgehead atoms. The molecule has 3 rings (SSSR count). The van der Waals surface area contributed by atoms with Gasteiger partial charge in [-0.1, -0.05) is 30.7 Å². The maximum atomic E-state index is 6.22. The standard InChI is InChI=1S/C15H11Br2ClN2O/c1-2-7-10(16)12(19)11(17)13-14(7)21-15(20-13)8-5-3-4-6-9(8)18/h3-6H,2,19H2,1H3. The topological polar surface area (TPSA) is 52.0 Å². The molecule has 108 valence electrons. The van der Waals surface area contributed by atoms with Crippen LogP contribution >= 0.6 is 43.5 Å². The highest BCUT2D eigenvalue weighted by Crippen LogP contribution is 2.41. The van der Waals surface area contributed by atoms with Gasteiger partial charge in [0.1, 0.15) is 5.52 Å². The molecule has 0 aliphatic carbocycles. The van der Waals surface area contributed by atoms with Gasteiger partial charge >= 0.3 is 0 Å². The Kier molecular flexibility index (Phi) is 3.99. The van der Waals surface area contributed by atoms with Crippen LogP contribution in [0.5, 0.6) is 0 Å². The second kappa shape index (κ2) is 5.63. The van der Waals surface area contributed by atoms with E-state index in [1.807, 2.05) is 31.2 Å². The van der Waals surface area contributed by atoms with Gasteiger partial charge in [-0.05, 0) is 50.4 Å². The van der Waals surface area contributed by atoms with E-state index in [1.54, 1.807) is 0 Å². The number of benzene rings is 2. The van der Waals surface area contributed by atoms with Crippen LogP contribution in [0.2, 0.25) is 5.02 Å². The van der Waals surface area contributed by atoms with Crippen LogP contribution < -0.4 is 5.73 Å². The van der Waals surface area contributed by atoms with Crippen LogP contribution in [0.15, 0.2) is 37.6 Å². The van der Waals surface area contributed by atoms with Gasteiger partial charge in [-0.15, -0.1) is 0 Å². The monoisotopic (exact) mass is 428 g/mol. The third-order valence-corrected chi connectivity index (χ3v) is 5.34. The average Bonchev–Trinajstić information content (AvgIpc) is 2.91. The number of aromatic nitrogens is 1. The summed E-state index contributed by atoms with van der Waals surface area (Å²) in [5.74, 6) is 0.489. The van der Waals surface area contributed by atoms with Crippen molar-refractivity contribution in [3.8, 4) is 11.5 Å². The number of anilines is 1. The Labute approximate surface area is 143 Å². The Hall–Kier alpha value is -1.04. The average molecular weight is 431 g/mol. The van der Waals surface area contributed by atoms with Crippen LogP contribution in [-0.2, 0) is 6.42 Å². The molecule has 0 unspecified atom stereocenters. The molecule has 0 saturated heterocycles. The van der Waals surface area contributed by atoms with E-state index >= 15 is 0 Å². The lowest BCUT2D eigenvalue weighted by atomic mass is 10.1. The highest BCUT2D eigenvalue weighted by Gasteiger charge is 2.20. The maximum Gasteiger partial charge on any atom is 0.228 e. The lowest BCUT2D eigenvalue weighted by Crippen LogP contribution is -1.94. The Morgan fingerprint density at radius 2 is 1.95 bits per heavy atom. The quantitative estimate of drug-likeness (QED) is 0.522. The van der Waals surface area contributed by atoms with Gasteiger partial charge in [0.05, 0.1) is 20.7 Å². The van der Waals surface area contributed by atoms with Crippen molar-refractivity contribution >= 4 is 60.2 Å². The highest BCUT2D eigenvalue weighted by atomic mass is 79.9. The molecule has 0 aliphatic heterocycles. The molecule has 1 heterocycles. The molecule has 0 fully saturated rings. The Morgan fingerprint density at radius 1 is 1.24 bits per heavy atom. The maximum absolute atomic E-state index is 6.22. The number of nitrogens with two attached hydrogens (primary N) is 1. The van der Waals surface area contributed by atoms with Gasteiger partial charge in [0, 0.05) is 10.0 Å². The van der Waals surface area contributed by atoms with Crippen molar-refractivity contribution in [2.45, 2.75) is 13.3 Å². The van der Waals surface area contributed by atoms with Crippen LogP contribution in [0.4, 0.5) is 5.69 Å². The van der Waals surface area contributed by atoms with Crippen molar-refractivity contribution in [2.24, 2.45) is 0 Å². The molecule has 1 aromatic heterocycles. The fraction of sp³-hybridized carbons (Fsp3) is 0.133. The first-order chi connectivity index (χ1) is 10.0. The van der Waals surface area contributed by atoms with Crippen molar-refractivity contribution in [1.82, 2.24) is 4.98 Å². The summed E-state index contributed by atoms with van der Waals surface area (Å²) < 4.78 is 7.53. The van der Waals surface area contributed by atoms with Crippen LogP contribution in [0.1, 0.15) is 12.5 Å². The minimum atomic E-state index is 0.489. The van der Waals surface area contributed by atoms with E-state index in [-0.39, 0.29) is 0 Å². The molecule has 3 aromatic rings. The molecule has 0 aliphatic rings. The molecule has 0 atom stereocenters. The van der Waals surface area contributed by atoms with Crippen molar-refractivity contribution in [1.29, 1.82) is 0 Å². The molecular weight excluding hydrogens is 419 g/mol. The summed E-state index contributed by atoms with van der Waals surface area (Å²) in [5.41, 5.74) is 9.92. The summed E-state index contributed by atoms with van der Waals surface area (Å²) in [5, 5.41) is 0.602. The molecule has 21 heavy (non-hydrogen) atoms.